The molecule has 0 aromatic heterocycles. The number of hydrogen-bond acceptors (Lipinski definition) is 11. The molecule has 0 saturated carbocycles. The molecule has 69 heavy (non-hydrogen) atoms. The van der Waals surface area contributed by atoms with Crippen LogP contribution in [-0.4, -0.2) is 118 Å². The molecule has 0 aliphatic rings. The molecule has 21 heteroatoms. The zero-order chi connectivity index (χ0) is 52.0. The van der Waals surface area contributed by atoms with E-state index in [0.29, 0.717) is 29.5 Å². The van der Waals surface area contributed by atoms with Crippen molar-refractivity contribution in [2.24, 2.45) is 17.1 Å². The van der Waals surface area contributed by atoms with E-state index < -0.39 is 126 Å². The lowest BCUT2D eigenvalue weighted by molar-refractivity contribution is -0.141. The number of amides is 8. The molecule has 1 unspecified atom stereocenters. The average Bonchev–Trinajstić information content (AvgIpc) is 3.27. The van der Waals surface area contributed by atoms with Crippen LogP contribution in [-0.2, 0) is 54.4 Å². The number of nitrogens with two attached hydrogens (primary N) is 1. The van der Waals surface area contributed by atoms with E-state index in [-0.39, 0.29) is 38.1 Å². The summed E-state index contributed by atoms with van der Waals surface area (Å²) in [7, 11) is 0. The maximum Gasteiger partial charge on any atom is 0.305 e. The predicted molar refractivity (Wildman–Crippen MR) is 252 cm³/mol. The number of nitrogens with one attached hydrogen (secondary N) is 7. The Labute approximate surface area is 401 Å². The van der Waals surface area contributed by atoms with Crippen LogP contribution in [0.1, 0.15) is 114 Å². The normalized spacial score (nSPS) is 13.7. The second kappa shape index (κ2) is 28.2. The number of ketones is 1. The first-order valence-corrected chi connectivity index (χ1v) is 22.8. The number of aliphatic carboxylic acids is 2. The Morgan fingerprint density at radius 3 is 1.74 bits per heavy atom. The standard InChI is InChI=1S/C48H68N8O13/c1-8-9-19-31(39(62)41(49)63)52-44(66)33(24-27(2)3)55-47(69)40(48(5,6)7)56-46(68)34(25-30-18-14-13-15-28(30)4)54-43(65)32(20-21-37(58)59)53-45(67)35(26-38(60)61)51-36(57)22-23-50-42(64)29-16-11-10-12-17-29/h10-18,27,31-35,40H,8-9,19-26H2,1-7H3,(H2,49,63)(H,50,64)(H,51,57)(H,52,66)(H,53,67)(H,54,65)(H,55,69)(H,56,68)(H,58,59)(H,60,61)/t31?,32-,33-,34-,35-,40+/m0/s1. The van der Waals surface area contributed by atoms with Gasteiger partial charge in [-0.1, -0.05) is 96.8 Å². The van der Waals surface area contributed by atoms with Gasteiger partial charge in [-0.2, -0.15) is 0 Å². The Hall–Kier alpha value is -7.19. The van der Waals surface area contributed by atoms with Gasteiger partial charge in [0.05, 0.1) is 12.5 Å². The van der Waals surface area contributed by atoms with Crippen LogP contribution in [0.25, 0.3) is 0 Å². The highest BCUT2D eigenvalue weighted by atomic mass is 16.4. The smallest absolute Gasteiger partial charge is 0.305 e. The third-order valence-corrected chi connectivity index (χ3v) is 10.8. The Bertz CT molecular complexity index is 2160. The van der Waals surface area contributed by atoms with Gasteiger partial charge < -0.3 is 53.2 Å². The molecule has 11 N–H and O–H groups in total. The average molecular weight is 965 g/mol. The molecule has 0 spiro atoms. The fourth-order valence-electron chi connectivity index (χ4n) is 6.98. The maximum atomic E-state index is 14.4. The Kier molecular flexibility index (Phi) is 23.7. The van der Waals surface area contributed by atoms with Gasteiger partial charge in [-0.3, -0.25) is 52.7 Å². The number of rotatable bonds is 29. The zero-order valence-corrected chi connectivity index (χ0v) is 40.3. The molecule has 0 fully saturated rings. The summed E-state index contributed by atoms with van der Waals surface area (Å²) >= 11 is 0. The minimum absolute atomic E-state index is 0.0903. The number of primary amides is 1. The van der Waals surface area contributed by atoms with Crippen molar-refractivity contribution in [3.05, 3.63) is 71.3 Å². The Morgan fingerprint density at radius 2 is 1.17 bits per heavy atom. The van der Waals surface area contributed by atoms with E-state index in [9.17, 15) is 63.0 Å². The summed E-state index contributed by atoms with van der Waals surface area (Å²) in [5, 5.41) is 36.8. The number of benzene rings is 2. The largest absolute Gasteiger partial charge is 0.481 e. The molecule has 0 heterocycles. The van der Waals surface area contributed by atoms with Gasteiger partial charge in [-0.25, -0.2) is 0 Å². The van der Waals surface area contributed by atoms with Crippen LogP contribution < -0.4 is 43.0 Å². The summed E-state index contributed by atoms with van der Waals surface area (Å²) in [6.45, 7) is 11.9. The summed E-state index contributed by atoms with van der Waals surface area (Å²) in [6.07, 6.45) is -1.35. The van der Waals surface area contributed by atoms with Gasteiger partial charge in [-0.15, -0.1) is 0 Å². The molecule has 0 bridgehead atoms. The molecule has 378 valence electrons. The van der Waals surface area contributed by atoms with Crippen molar-refractivity contribution in [2.75, 3.05) is 6.54 Å². The van der Waals surface area contributed by atoms with Crippen LogP contribution in [0.3, 0.4) is 0 Å². The first kappa shape index (κ1) is 57.9. The number of aryl methyl sites for hydroxylation is 1. The number of carbonyl (C=O) groups excluding carboxylic acids is 9. The molecule has 2 aromatic carbocycles. The lowest BCUT2D eigenvalue weighted by Crippen LogP contribution is -2.62. The minimum atomic E-state index is -1.76. The van der Waals surface area contributed by atoms with Crippen molar-refractivity contribution in [1.29, 1.82) is 0 Å². The second-order valence-electron chi connectivity index (χ2n) is 18.2. The molecule has 6 atom stereocenters. The van der Waals surface area contributed by atoms with Gasteiger partial charge in [0.15, 0.2) is 0 Å². The number of Topliss-reactive ketones (excluding diaryl/α,β-unsaturated/α-hetero) is 1. The van der Waals surface area contributed by atoms with E-state index in [0.717, 1.165) is 0 Å². The van der Waals surface area contributed by atoms with Gasteiger partial charge in [0.1, 0.15) is 30.2 Å². The quantitative estimate of drug-likeness (QED) is 0.0509. The van der Waals surface area contributed by atoms with Crippen LogP contribution in [0.4, 0.5) is 0 Å². The second-order valence-corrected chi connectivity index (χ2v) is 18.2. The van der Waals surface area contributed by atoms with Gasteiger partial charge in [0, 0.05) is 31.4 Å². The van der Waals surface area contributed by atoms with E-state index in [4.69, 9.17) is 5.73 Å². The van der Waals surface area contributed by atoms with Gasteiger partial charge >= 0.3 is 11.9 Å². The number of carboxylic acid groups (broad SMARTS) is 2. The molecule has 0 aliphatic heterocycles. The number of unbranched alkanes of at least 4 members (excludes halogenated alkanes) is 1. The molecule has 0 aliphatic carbocycles. The van der Waals surface area contributed by atoms with E-state index in [1.807, 2.05) is 6.92 Å². The first-order valence-electron chi connectivity index (χ1n) is 22.8. The third-order valence-electron chi connectivity index (χ3n) is 10.8. The number of carboxylic acids is 2. The highest BCUT2D eigenvalue weighted by Crippen LogP contribution is 2.21. The van der Waals surface area contributed by atoms with Crippen molar-refractivity contribution in [3.63, 3.8) is 0 Å². The summed E-state index contributed by atoms with van der Waals surface area (Å²) in [5.74, 6) is -11.2. The maximum absolute atomic E-state index is 14.4. The molecule has 2 aromatic rings. The summed E-state index contributed by atoms with van der Waals surface area (Å²) in [4.78, 5) is 143. The fourth-order valence-corrected chi connectivity index (χ4v) is 6.98. The summed E-state index contributed by atoms with van der Waals surface area (Å²) < 4.78 is 0. The molecule has 21 nitrogen and oxygen atoms in total. The lowest BCUT2D eigenvalue weighted by Gasteiger charge is -2.34. The van der Waals surface area contributed by atoms with E-state index in [1.165, 1.54) is 0 Å². The molecule has 0 saturated heterocycles. The van der Waals surface area contributed by atoms with Crippen molar-refractivity contribution >= 4 is 65.0 Å². The van der Waals surface area contributed by atoms with Crippen molar-refractivity contribution in [1.82, 2.24) is 37.2 Å². The van der Waals surface area contributed by atoms with Crippen LogP contribution >= 0.6 is 0 Å². The molecular weight excluding hydrogens is 897 g/mol. The third kappa shape index (κ3) is 20.7. The minimum Gasteiger partial charge on any atom is -0.481 e. The van der Waals surface area contributed by atoms with Crippen LogP contribution in [0.15, 0.2) is 54.6 Å². The van der Waals surface area contributed by atoms with Gasteiger partial charge in [-0.05, 0) is 60.8 Å². The first-order chi connectivity index (χ1) is 32.3. The molecule has 0 radical (unpaired) electrons. The van der Waals surface area contributed by atoms with E-state index in [2.05, 4.69) is 37.2 Å². The number of carbonyl (C=O) groups is 11. The van der Waals surface area contributed by atoms with Crippen molar-refractivity contribution in [3.8, 4) is 0 Å². The topological polar surface area (TPSA) is 338 Å². The number of hydrogen-bond donors (Lipinski definition) is 10. The zero-order valence-electron chi connectivity index (χ0n) is 40.3. The monoisotopic (exact) mass is 964 g/mol. The van der Waals surface area contributed by atoms with E-state index >= 15 is 0 Å². The lowest BCUT2D eigenvalue weighted by atomic mass is 9.85. The van der Waals surface area contributed by atoms with Crippen molar-refractivity contribution < 1.29 is 63.0 Å². The van der Waals surface area contributed by atoms with Crippen LogP contribution in [0.2, 0.25) is 0 Å². The summed E-state index contributed by atoms with van der Waals surface area (Å²) in [6, 6.07) is 6.21. The van der Waals surface area contributed by atoms with Crippen LogP contribution in [0.5, 0.6) is 0 Å². The van der Waals surface area contributed by atoms with E-state index in [1.54, 1.807) is 96.1 Å². The van der Waals surface area contributed by atoms with Crippen molar-refractivity contribution in [2.45, 2.75) is 143 Å². The van der Waals surface area contributed by atoms with Crippen LogP contribution in [0, 0.1) is 18.3 Å². The fraction of sp³-hybridized carbons (Fsp3) is 0.521. The molecule has 8 amide bonds. The van der Waals surface area contributed by atoms with Gasteiger partial charge in [0.2, 0.25) is 41.2 Å². The Morgan fingerprint density at radius 1 is 0.623 bits per heavy atom. The summed E-state index contributed by atoms with van der Waals surface area (Å²) in [5.41, 5.74) is 5.83. The highest BCUT2D eigenvalue weighted by Gasteiger charge is 2.39. The molecule has 2 rings (SSSR count). The van der Waals surface area contributed by atoms with Gasteiger partial charge in [0.25, 0.3) is 11.8 Å². The SMILES string of the molecule is CCCCC(NC(=O)[C@H](CC(C)C)NC(=O)[C@@H](NC(=O)[C@H](Cc1ccccc1C)NC(=O)[C@H](CCC(=O)O)NC(=O)[C@H](CC(=O)O)NC(=O)CCNC(=O)c1ccccc1)C(C)(C)C)C(=O)C(N)=O. The highest BCUT2D eigenvalue weighted by molar-refractivity contribution is 6.37. The molecular formula is C48H68N8O13. The predicted octanol–water partition coefficient (Wildman–Crippen LogP) is 0.943. The Balaban J connectivity index is 2.43.